The van der Waals surface area contributed by atoms with Gasteiger partial charge in [-0.3, -0.25) is 9.36 Å². The fourth-order valence-electron chi connectivity index (χ4n) is 4.24. The minimum absolute atomic E-state index is 0.0386. The number of hydrogen-bond acceptors (Lipinski definition) is 6. The van der Waals surface area contributed by atoms with Gasteiger partial charge in [0, 0.05) is 16.1 Å². The molecule has 0 fully saturated rings. The van der Waals surface area contributed by atoms with Crippen molar-refractivity contribution in [2.45, 2.75) is 13.0 Å². The van der Waals surface area contributed by atoms with Crippen LogP contribution in [0.4, 0.5) is 4.39 Å². The van der Waals surface area contributed by atoms with E-state index in [1.165, 1.54) is 47.0 Å². The number of aromatic nitrogens is 1. The zero-order valence-corrected chi connectivity index (χ0v) is 22.1. The molecular formula is C28H19Cl2FN2O4S. The number of benzene rings is 3. The minimum Gasteiger partial charge on any atom is -0.506 e. The predicted octanol–water partition coefficient (Wildman–Crippen LogP) is 5.09. The molecule has 192 valence electrons. The molecule has 10 heteroatoms. The molecule has 2 heterocycles. The van der Waals surface area contributed by atoms with Crippen molar-refractivity contribution in [1.29, 1.82) is 0 Å². The molecule has 5 rings (SSSR count). The van der Waals surface area contributed by atoms with E-state index in [2.05, 4.69) is 0 Å². The summed E-state index contributed by atoms with van der Waals surface area (Å²) < 4.78 is 20.9. The second-order valence-electron chi connectivity index (χ2n) is 8.31. The van der Waals surface area contributed by atoms with Crippen LogP contribution in [0.25, 0.3) is 11.8 Å². The number of phenols is 1. The van der Waals surface area contributed by atoms with Crippen molar-refractivity contribution in [3.63, 3.8) is 0 Å². The third kappa shape index (κ3) is 4.78. The molecular weight excluding hydrogens is 550 g/mol. The van der Waals surface area contributed by atoms with E-state index in [0.29, 0.717) is 21.6 Å². The van der Waals surface area contributed by atoms with Gasteiger partial charge in [0.25, 0.3) is 5.56 Å². The number of nitrogens with zero attached hydrogens (tertiary/aromatic N) is 2. The maximum absolute atomic E-state index is 13.9. The molecule has 1 N–H and O–H groups in total. The lowest BCUT2D eigenvalue weighted by Crippen LogP contribution is -2.40. The number of halogens is 3. The summed E-state index contributed by atoms with van der Waals surface area (Å²) in [5.74, 6) is -1.33. The molecule has 0 spiro atoms. The average molecular weight is 569 g/mol. The summed E-state index contributed by atoms with van der Waals surface area (Å²) in [6.45, 7) is 1.80. The Balaban J connectivity index is 1.84. The van der Waals surface area contributed by atoms with E-state index in [9.17, 15) is 19.1 Å². The van der Waals surface area contributed by atoms with E-state index >= 15 is 0 Å². The summed E-state index contributed by atoms with van der Waals surface area (Å²) in [7, 11) is 0. The SMILES string of the molecule is CCOC(=O)C1=C(c2ccccc2)N=c2s/c(=C\c3cc(Cl)cc(Cl)c3O)c(=O)n2[C@@H]1c1ccc(F)cc1. The van der Waals surface area contributed by atoms with Crippen molar-refractivity contribution in [2.24, 2.45) is 4.99 Å². The number of rotatable bonds is 5. The van der Waals surface area contributed by atoms with Crippen molar-refractivity contribution in [3.05, 3.63) is 125 Å². The fourth-order valence-corrected chi connectivity index (χ4v) is 5.74. The monoisotopic (exact) mass is 568 g/mol. The Hall–Kier alpha value is -3.72. The Morgan fingerprint density at radius 1 is 1.16 bits per heavy atom. The highest BCUT2D eigenvalue weighted by atomic mass is 35.5. The molecule has 0 bridgehead atoms. The van der Waals surface area contributed by atoms with Gasteiger partial charge >= 0.3 is 5.97 Å². The van der Waals surface area contributed by atoms with Crippen LogP contribution in [0.1, 0.15) is 29.7 Å². The highest BCUT2D eigenvalue weighted by Crippen LogP contribution is 2.35. The zero-order valence-electron chi connectivity index (χ0n) is 19.8. The summed E-state index contributed by atoms with van der Waals surface area (Å²) in [6.07, 6.45) is 1.47. The second-order valence-corrected chi connectivity index (χ2v) is 10.2. The van der Waals surface area contributed by atoms with Crippen molar-refractivity contribution >= 4 is 52.3 Å². The Morgan fingerprint density at radius 2 is 1.87 bits per heavy atom. The first-order valence-corrected chi connectivity index (χ1v) is 13.1. The number of esters is 1. The Kier molecular flexibility index (Phi) is 7.21. The van der Waals surface area contributed by atoms with Crippen molar-refractivity contribution in [2.75, 3.05) is 6.61 Å². The van der Waals surface area contributed by atoms with Crippen LogP contribution >= 0.6 is 34.5 Å². The Labute approximate surface area is 230 Å². The number of thiazole rings is 1. The Morgan fingerprint density at radius 3 is 2.55 bits per heavy atom. The molecule has 3 aromatic carbocycles. The Bertz CT molecular complexity index is 1760. The van der Waals surface area contributed by atoms with Crippen LogP contribution in [0.5, 0.6) is 5.75 Å². The van der Waals surface area contributed by atoms with Crippen LogP contribution in [-0.4, -0.2) is 22.2 Å². The van der Waals surface area contributed by atoms with Crippen LogP contribution in [-0.2, 0) is 9.53 Å². The predicted molar refractivity (Wildman–Crippen MR) is 146 cm³/mol. The number of carbonyl (C=O) groups is 1. The van der Waals surface area contributed by atoms with Crippen LogP contribution in [0, 0.1) is 5.82 Å². The summed E-state index contributed by atoms with van der Waals surface area (Å²) in [5, 5.41) is 10.8. The maximum Gasteiger partial charge on any atom is 0.338 e. The van der Waals surface area contributed by atoms with E-state index in [-0.39, 0.29) is 38.1 Å². The fraction of sp³-hybridized carbons (Fsp3) is 0.107. The minimum atomic E-state index is -0.945. The van der Waals surface area contributed by atoms with Gasteiger partial charge in [-0.15, -0.1) is 0 Å². The number of hydrogen-bond donors (Lipinski definition) is 1. The van der Waals surface area contributed by atoms with E-state index < -0.39 is 23.4 Å². The van der Waals surface area contributed by atoms with Gasteiger partial charge in [-0.25, -0.2) is 14.2 Å². The molecule has 1 aliphatic heterocycles. The van der Waals surface area contributed by atoms with Gasteiger partial charge in [-0.1, -0.05) is 77.0 Å². The van der Waals surface area contributed by atoms with Gasteiger partial charge < -0.3 is 9.84 Å². The summed E-state index contributed by atoms with van der Waals surface area (Å²) in [6, 6.07) is 16.6. The third-order valence-corrected chi connectivity index (χ3v) is 7.39. The lowest BCUT2D eigenvalue weighted by Gasteiger charge is -2.25. The topological polar surface area (TPSA) is 80.9 Å². The molecule has 0 saturated carbocycles. The first-order valence-electron chi connectivity index (χ1n) is 11.5. The smallest absolute Gasteiger partial charge is 0.338 e. The van der Waals surface area contributed by atoms with Crippen molar-refractivity contribution < 1.29 is 19.0 Å². The number of ether oxygens (including phenoxy) is 1. The van der Waals surface area contributed by atoms with Gasteiger partial charge in [-0.2, -0.15) is 0 Å². The highest BCUT2D eigenvalue weighted by Gasteiger charge is 2.35. The second kappa shape index (κ2) is 10.6. The molecule has 1 aromatic heterocycles. The first-order chi connectivity index (χ1) is 18.3. The molecule has 0 aliphatic carbocycles. The molecule has 0 radical (unpaired) electrons. The normalized spacial score (nSPS) is 15.3. The molecule has 0 saturated heterocycles. The number of carbonyl (C=O) groups excluding carboxylic acids is 1. The maximum atomic E-state index is 13.9. The van der Waals surface area contributed by atoms with Gasteiger partial charge in [0.15, 0.2) is 4.80 Å². The van der Waals surface area contributed by atoms with Crippen molar-refractivity contribution in [3.8, 4) is 5.75 Å². The lowest BCUT2D eigenvalue weighted by molar-refractivity contribution is -0.138. The molecule has 38 heavy (non-hydrogen) atoms. The van der Waals surface area contributed by atoms with Gasteiger partial charge in [0.2, 0.25) is 0 Å². The van der Waals surface area contributed by atoms with E-state index in [4.69, 9.17) is 32.9 Å². The quantitative estimate of drug-likeness (QED) is 0.340. The third-order valence-electron chi connectivity index (χ3n) is 5.90. The first kappa shape index (κ1) is 25.9. The summed E-state index contributed by atoms with van der Waals surface area (Å²) >= 11 is 13.3. The molecule has 0 unspecified atom stereocenters. The van der Waals surface area contributed by atoms with E-state index in [0.717, 1.165) is 11.3 Å². The van der Waals surface area contributed by atoms with Crippen molar-refractivity contribution in [1.82, 2.24) is 4.57 Å². The standard InChI is InChI=1S/C28H19Cl2FN2O4S/c1-2-37-27(36)22-23(15-6-4-3-5-7-15)32-28-33(24(22)16-8-10-19(31)11-9-16)26(35)21(38-28)13-17-12-18(29)14-20(30)25(17)34/h3-14,24,34H,2H2,1H3/b21-13-/t24-/m1/s1. The van der Waals surface area contributed by atoms with Crippen LogP contribution in [0.2, 0.25) is 10.0 Å². The molecule has 0 amide bonds. The van der Waals surface area contributed by atoms with E-state index in [1.807, 2.05) is 18.2 Å². The van der Waals surface area contributed by atoms with Crippen LogP contribution in [0.3, 0.4) is 0 Å². The number of phenolic OH excluding ortho intramolecular Hbond substituents is 1. The molecule has 1 aliphatic rings. The lowest BCUT2D eigenvalue weighted by atomic mass is 9.93. The average Bonchev–Trinajstić information content (AvgIpc) is 3.21. The van der Waals surface area contributed by atoms with Gasteiger partial charge in [-0.05, 0) is 42.8 Å². The zero-order chi connectivity index (χ0) is 27.0. The van der Waals surface area contributed by atoms with E-state index in [1.54, 1.807) is 19.1 Å². The summed E-state index contributed by atoms with van der Waals surface area (Å²) in [4.78, 5) is 32.2. The molecule has 6 nitrogen and oxygen atoms in total. The molecule has 1 atom stereocenters. The largest absolute Gasteiger partial charge is 0.506 e. The summed E-state index contributed by atoms with van der Waals surface area (Å²) in [5.41, 5.74) is 1.43. The highest BCUT2D eigenvalue weighted by molar-refractivity contribution is 7.07. The molecule has 4 aromatic rings. The number of fused-ring (bicyclic) bond motifs is 1. The van der Waals surface area contributed by atoms with Crippen LogP contribution in [0.15, 0.2) is 82.1 Å². The van der Waals surface area contributed by atoms with Gasteiger partial charge in [0.1, 0.15) is 11.6 Å². The number of aromatic hydroxyl groups is 1. The van der Waals surface area contributed by atoms with Crippen LogP contribution < -0.4 is 14.9 Å². The van der Waals surface area contributed by atoms with Gasteiger partial charge in [0.05, 0.1) is 33.5 Å².